The number of amidine groups is 1. The van der Waals surface area contributed by atoms with Gasteiger partial charge in [-0.2, -0.15) is 0 Å². The second-order valence-corrected chi connectivity index (χ2v) is 5.14. The number of carbonyl (C=O) groups is 1. The minimum Gasteiger partial charge on any atom is -0.463 e. The maximum Gasteiger partial charge on any atom is 0.378 e. The van der Waals surface area contributed by atoms with Crippen molar-refractivity contribution in [2.24, 2.45) is 15.2 Å². The van der Waals surface area contributed by atoms with Gasteiger partial charge in [0.2, 0.25) is 0 Å². The highest BCUT2D eigenvalue weighted by molar-refractivity contribution is 6.36. The minimum atomic E-state index is -0.728. The van der Waals surface area contributed by atoms with Gasteiger partial charge in [-0.1, -0.05) is 18.2 Å². The molecule has 0 fully saturated rings. The van der Waals surface area contributed by atoms with Crippen molar-refractivity contribution in [1.82, 2.24) is 0 Å². The fourth-order valence-corrected chi connectivity index (χ4v) is 2.03. The number of aliphatic imine (C=N–C) groups is 1. The molecule has 0 aliphatic rings. The van der Waals surface area contributed by atoms with Crippen molar-refractivity contribution >= 4 is 28.9 Å². The summed E-state index contributed by atoms with van der Waals surface area (Å²) < 4.78 is 4.69. The van der Waals surface area contributed by atoms with Crippen LogP contribution in [0.5, 0.6) is 0 Å². The monoisotopic (exact) mass is 340 g/mol. The number of ether oxygens (including phenoxy) is 1. The van der Waals surface area contributed by atoms with Crippen molar-refractivity contribution in [2.75, 3.05) is 7.11 Å². The summed E-state index contributed by atoms with van der Waals surface area (Å²) in [4.78, 5) is 26.3. The molecule has 0 heterocycles. The number of benzene rings is 2. The molecule has 8 nitrogen and oxygen atoms in total. The molecule has 0 saturated heterocycles. The van der Waals surface area contributed by atoms with E-state index in [9.17, 15) is 14.9 Å². The van der Waals surface area contributed by atoms with Gasteiger partial charge in [0.25, 0.3) is 11.5 Å². The summed E-state index contributed by atoms with van der Waals surface area (Å²) >= 11 is 0. The molecular weight excluding hydrogens is 324 g/mol. The molecule has 0 aliphatic carbocycles. The summed E-state index contributed by atoms with van der Waals surface area (Å²) in [5, 5.41) is 18.4. The second-order valence-electron chi connectivity index (χ2n) is 5.14. The lowest BCUT2D eigenvalue weighted by Crippen LogP contribution is -2.12. The fourth-order valence-electron chi connectivity index (χ4n) is 2.03. The number of rotatable bonds is 3. The zero-order valence-corrected chi connectivity index (χ0v) is 14.0. The van der Waals surface area contributed by atoms with Crippen LogP contribution < -0.4 is 0 Å². The van der Waals surface area contributed by atoms with Crippen LogP contribution in [-0.2, 0) is 9.53 Å². The number of hydrogen-bond acceptors (Lipinski definition) is 6. The van der Waals surface area contributed by atoms with E-state index in [1.165, 1.54) is 31.4 Å². The Balaban J connectivity index is 2.37. The number of methoxy groups -OCH3 is 1. The maximum atomic E-state index is 11.9. The Morgan fingerprint density at radius 1 is 1.08 bits per heavy atom. The predicted molar refractivity (Wildman–Crippen MR) is 92.6 cm³/mol. The number of nitro benzene ring substituents is 1. The van der Waals surface area contributed by atoms with Crippen LogP contribution in [0.4, 0.5) is 17.1 Å². The lowest BCUT2D eigenvalue weighted by atomic mass is 10.1. The van der Waals surface area contributed by atoms with Crippen LogP contribution in [0.15, 0.2) is 57.7 Å². The number of carbonyl (C=O) groups excluding carboxylic acids is 1. The first-order valence-corrected chi connectivity index (χ1v) is 7.32. The van der Waals surface area contributed by atoms with Crippen LogP contribution in [0, 0.1) is 24.0 Å². The number of aryl methyl sites for hydroxylation is 2. The van der Waals surface area contributed by atoms with Gasteiger partial charge >= 0.3 is 5.97 Å². The maximum absolute atomic E-state index is 11.9. The number of esters is 1. The Morgan fingerprint density at radius 3 is 2.20 bits per heavy atom. The van der Waals surface area contributed by atoms with Gasteiger partial charge in [-0.25, -0.2) is 9.79 Å². The van der Waals surface area contributed by atoms with Crippen molar-refractivity contribution in [3.63, 3.8) is 0 Å². The predicted octanol–water partition coefficient (Wildman–Crippen LogP) is 4.20. The zero-order chi connectivity index (χ0) is 18.4. The third kappa shape index (κ3) is 4.54. The van der Waals surface area contributed by atoms with Gasteiger partial charge in [0.05, 0.1) is 23.4 Å². The number of para-hydroxylation sites is 1. The van der Waals surface area contributed by atoms with Gasteiger partial charge in [-0.15, -0.1) is 10.2 Å². The number of hydrogen-bond donors (Lipinski definition) is 0. The molecule has 0 unspecified atom stereocenters. The number of nitro groups is 1. The van der Waals surface area contributed by atoms with E-state index < -0.39 is 10.9 Å². The molecule has 128 valence electrons. The first kappa shape index (κ1) is 17.9. The molecular formula is C17H16N4O4. The van der Waals surface area contributed by atoms with Crippen molar-refractivity contribution in [3.05, 3.63) is 63.7 Å². The molecule has 0 N–H and O–H groups in total. The lowest BCUT2D eigenvalue weighted by Gasteiger charge is -2.05. The molecule has 0 amide bonds. The van der Waals surface area contributed by atoms with E-state index in [1.807, 2.05) is 32.0 Å². The molecule has 0 aliphatic heterocycles. The summed E-state index contributed by atoms with van der Waals surface area (Å²) in [6.07, 6.45) is 0. The Labute approximate surface area is 144 Å². The van der Waals surface area contributed by atoms with Crippen molar-refractivity contribution in [1.29, 1.82) is 0 Å². The van der Waals surface area contributed by atoms with Gasteiger partial charge in [-0.3, -0.25) is 10.1 Å². The SMILES string of the molecule is COC(=O)C(N=Nc1ccc([N+](=O)[O-])cc1)=Nc1c(C)cccc1C. The zero-order valence-electron chi connectivity index (χ0n) is 14.0. The van der Waals surface area contributed by atoms with Crippen LogP contribution >= 0.6 is 0 Å². The van der Waals surface area contributed by atoms with Crippen LogP contribution in [0.1, 0.15) is 11.1 Å². The van der Waals surface area contributed by atoms with E-state index >= 15 is 0 Å². The van der Waals surface area contributed by atoms with E-state index in [1.54, 1.807) is 0 Å². The average Bonchev–Trinajstić information content (AvgIpc) is 2.60. The van der Waals surface area contributed by atoms with Gasteiger partial charge in [-0.05, 0) is 37.1 Å². The minimum absolute atomic E-state index is 0.0589. The third-order valence-corrected chi connectivity index (χ3v) is 3.35. The average molecular weight is 340 g/mol. The molecule has 0 saturated carbocycles. The van der Waals surface area contributed by atoms with Crippen molar-refractivity contribution in [3.8, 4) is 0 Å². The molecule has 2 rings (SSSR count). The Bertz CT molecular complexity index is 837. The van der Waals surface area contributed by atoms with Crippen LogP contribution in [0.2, 0.25) is 0 Å². The van der Waals surface area contributed by atoms with Gasteiger partial charge < -0.3 is 4.74 Å². The van der Waals surface area contributed by atoms with E-state index in [0.29, 0.717) is 11.4 Å². The van der Waals surface area contributed by atoms with Crippen molar-refractivity contribution in [2.45, 2.75) is 13.8 Å². The fraction of sp³-hybridized carbons (Fsp3) is 0.176. The molecule has 0 aromatic heterocycles. The smallest absolute Gasteiger partial charge is 0.378 e. The molecule has 8 heteroatoms. The molecule has 0 bridgehead atoms. The Morgan fingerprint density at radius 2 is 1.68 bits per heavy atom. The molecule has 25 heavy (non-hydrogen) atoms. The van der Waals surface area contributed by atoms with Gasteiger partial charge in [0, 0.05) is 12.1 Å². The standard InChI is InChI=1S/C17H16N4O4/c1-11-5-4-6-12(2)15(11)18-16(17(22)25-3)20-19-13-7-9-14(10-8-13)21(23)24/h4-10H,1-3H3. The first-order chi connectivity index (χ1) is 11.9. The Kier molecular flexibility index (Phi) is 5.67. The van der Waals surface area contributed by atoms with E-state index in [4.69, 9.17) is 4.74 Å². The van der Waals surface area contributed by atoms with E-state index in [2.05, 4.69) is 15.2 Å². The summed E-state index contributed by atoms with van der Waals surface area (Å²) in [6, 6.07) is 11.1. The summed E-state index contributed by atoms with van der Waals surface area (Å²) in [5.74, 6) is -0.938. The normalized spacial score (nSPS) is 11.6. The summed E-state index contributed by atoms with van der Waals surface area (Å²) in [6.45, 7) is 3.74. The quantitative estimate of drug-likeness (QED) is 0.208. The molecule has 0 spiro atoms. The van der Waals surface area contributed by atoms with Gasteiger partial charge in [0.15, 0.2) is 0 Å². The van der Waals surface area contributed by atoms with Crippen molar-refractivity contribution < 1.29 is 14.5 Å². The van der Waals surface area contributed by atoms with Crippen LogP contribution in [0.3, 0.4) is 0 Å². The molecule has 2 aromatic carbocycles. The topological polar surface area (TPSA) is 107 Å². The Hall–Kier alpha value is -3.42. The highest BCUT2D eigenvalue weighted by atomic mass is 16.6. The number of azo groups is 1. The number of nitrogens with zero attached hydrogens (tertiary/aromatic N) is 4. The highest BCUT2D eigenvalue weighted by Gasteiger charge is 2.13. The number of non-ortho nitro benzene ring substituents is 1. The van der Waals surface area contributed by atoms with Gasteiger partial charge in [0.1, 0.15) is 0 Å². The summed E-state index contributed by atoms with van der Waals surface area (Å²) in [7, 11) is 1.23. The molecule has 2 aromatic rings. The lowest BCUT2D eigenvalue weighted by molar-refractivity contribution is -0.384. The third-order valence-electron chi connectivity index (χ3n) is 3.35. The van der Waals surface area contributed by atoms with E-state index in [0.717, 1.165) is 11.1 Å². The molecule has 0 radical (unpaired) electrons. The molecule has 0 atom stereocenters. The van der Waals surface area contributed by atoms with Crippen LogP contribution in [-0.4, -0.2) is 23.8 Å². The second kappa shape index (κ2) is 7.91. The largest absolute Gasteiger partial charge is 0.463 e. The summed E-state index contributed by atoms with van der Waals surface area (Å²) in [5.41, 5.74) is 2.67. The highest BCUT2D eigenvalue weighted by Crippen LogP contribution is 2.24. The van der Waals surface area contributed by atoms with Crippen LogP contribution in [0.25, 0.3) is 0 Å². The van der Waals surface area contributed by atoms with E-state index in [-0.39, 0.29) is 11.5 Å². The first-order valence-electron chi connectivity index (χ1n) is 7.32.